The summed E-state index contributed by atoms with van der Waals surface area (Å²) in [6, 6.07) is 0. The van der Waals surface area contributed by atoms with Gasteiger partial charge in [0.25, 0.3) is 0 Å². The van der Waals surface area contributed by atoms with Crippen molar-refractivity contribution >= 4 is 5.97 Å². The molecule has 0 aromatic carbocycles. The second-order valence-electron chi connectivity index (χ2n) is 5.57. The molecule has 4 heteroatoms. The van der Waals surface area contributed by atoms with E-state index < -0.39 is 6.10 Å². The normalized spacial score (nSPS) is 36.2. The maximum absolute atomic E-state index is 12.0. The Hall–Kier alpha value is -0.870. The average Bonchev–Trinajstić information content (AvgIpc) is 2.59. The molecule has 2 aliphatic rings. The van der Waals surface area contributed by atoms with Crippen LogP contribution in [-0.2, 0) is 14.3 Å². The van der Waals surface area contributed by atoms with E-state index in [-0.39, 0.29) is 17.5 Å². The first-order chi connectivity index (χ1) is 8.53. The van der Waals surface area contributed by atoms with Crippen LogP contribution in [0.4, 0.5) is 0 Å². The molecule has 2 aliphatic carbocycles. The molecule has 4 nitrogen and oxygen atoms in total. The largest absolute Gasteiger partial charge is 0.466 e. The van der Waals surface area contributed by atoms with E-state index in [0.29, 0.717) is 5.57 Å². The molecule has 1 saturated carbocycles. The minimum atomic E-state index is -0.535. The first kappa shape index (κ1) is 13.6. The third-order valence-electron chi connectivity index (χ3n) is 4.38. The van der Waals surface area contributed by atoms with Crippen LogP contribution in [0.3, 0.4) is 0 Å². The van der Waals surface area contributed by atoms with E-state index in [2.05, 4.69) is 6.92 Å². The Morgan fingerprint density at radius 1 is 1.39 bits per heavy atom. The highest BCUT2D eigenvalue weighted by atomic mass is 16.5. The van der Waals surface area contributed by atoms with Gasteiger partial charge in [-0.15, -0.1) is 0 Å². The number of aliphatic hydroxyl groups excluding tert-OH is 1. The van der Waals surface area contributed by atoms with Crippen LogP contribution >= 0.6 is 0 Å². The molecule has 1 N–H and O–H groups in total. The van der Waals surface area contributed by atoms with Crippen molar-refractivity contribution in [2.75, 3.05) is 14.2 Å². The van der Waals surface area contributed by atoms with Gasteiger partial charge in [0, 0.05) is 7.11 Å². The molecule has 0 bridgehead atoms. The summed E-state index contributed by atoms with van der Waals surface area (Å²) >= 11 is 0. The molecular weight excluding hydrogens is 232 g/mol. The zero-order chi connectivity index (χ0) is 13.3. The summed E-state index contributed by atoms with van der Waals surface area (Å²) in [5.41, 5.74) is 1.29. The topological polar surface area (TPSA) is 55.8 Å². The smallest absolute Gasteiger partial charge is 0.336 e. The molecule has 0 heterocycles. The first-order valence-corrected chi connectivity index (χ1v) is 6.57. The van der Waals surface area contributed by atoms with Gasteiger partial charge in [0.05, 0.1) is 24.9 Å². The molecule has 0 unspecified atom stereocenters. The number of carbonyl (C=O) groups is 1. The van der Waals surface area contributed by atoms with Crippen molar-refractivity contribution in [2.45, 2.75) is 51.2 Å². The van der Waals surface area contributed by atoms with E-state index in [1.165, 1.54) is 7.11 Å². The lowest BCUT2D eigenvalue weighted by molar-refractivity contribution is -0.137. The lowest BCUT2D eigenvalue weighted by atomic mass is 9.78. The third kappa shape index (κ3) is 2.08. The molecule has 2 rings (SSSR count). The summed E-state index contributed by atoms with van der Waals surface area (Å²) < 4.78 is 10.3. The number of aliphatic hydroxyl groups is 1. The SMILES string of the molecule is COC(=O)C1=C2[C@H](O)CCCC[C@]2(C)C[C@H]1OC. The Morgan fingerprint density at radius 2 is 2.11 bits per heavy atom. The number of hydrogen-bond donors (Lipinski definition) is 1. The fourth-order valence-corrected chi connectivity index (χ4v) is 3.49. The summed E-state index contributed by atoms with van der Waals surface area (Å²) in [5, 5.41) is 10.3. The van der Waals surface area contributed by atoms with E-state index >= 15 is 0 Å². The Balaban J connectivity index is 2.50. The van der Waals surface area contributed by atoms with Gasteiger partial charge in [0.15, 0.2) is 0 Å². The summed E-state index contributed by atoms with van der Waals surface area (Å²) in [4.78, 5) is 12.0. The first-order valence-electron chi connectivity index (χ1n) is 6.57. The van der Waals surface area contributed by atoms with Crippen LogP contribution in [0.25, 0.3) is 0 Å². The van der Waals surface area contributed by atoms with Crippen molar-refractivity contribution in [3.8, 4) is 0 Å². The number of carbonyl (C=O) groups excluding carboxylic acids is 1. The van der Waals surface area contributed by atoms with Gasteiger partial charge in [-0.25, -0.2) is 4.79 Å². The number of fused-ring (bicyclic) bond motifs is 1. The van der Waals surface area contributed by atoms with E-state index in [1.807, 2.05) is 0 Å². The van der Waals surface area contributed by atoms with Gasteiger partial charge >= 0.3 is 5.97 Å². The lowest BCUT2D eigenvalue weighted by Gasteiger charge is -2.28. The second-order valence-corrected chi connectivity index (χ2v) is 5.57. The number of rotatable bonds is 2. The summed E-state index contributed by atoms with van der Waals surface area (Å²) in [6.07, 6.45) is 3.80. The van der Waals surface area contributed by atoms with Gasteiger partial charge in [-0.2, -0.15) is 0 Å². The van der Waals surface area contributed by atoms with Crippen molar-refractivity contribution in [3.63, 3.8) is 0 Å². The zero-order valence-corrected chi connectivity index (χ0v) is 11.4. The number of methoxy groups -OCH3 is 2. The molecule has 102 valence electrons. The van der Waals surface area contributed by atoms with Gasteiger partial charge < -0.3 is 14.6 Å². The zero-order valence-electron chi connectivity index (χ0n) is 11.4. The fraction of sp³-hybridized carbons (Fsp3) is 0.786. The van der Waals surface area contributed by atoms with Crippen LogP contribution in [0, 0.1) is 5.41 Å². The fourth-order valence-electron chi connectivity index (χ4n) is 3.49. The predicted octanol–water partition coefficient (Wildman–Crippen LogP) is 1.82. The van der Waals surface area contributed by atoms with Gasteiger partial charge in [0.1, 0.15) is 0 Å². The van der Waals surface area contributed by atoms with Crippen LogP contribution in [0.5, 0.6) is 0 Å². The molecular formula is C14H22O4. The van der Waals surface area contributed by atoms with Gasteiger partial charge in [-0.05, 0) is 30.3 Å². The molecule has 0 spiro atoms. The number of hydrogen-bond acceptors (Lipinski definition) is 4. The van der Waals surface area contributed by atoms with E-state index in [9.17, 15) is 9.90 Å². The maximum Gasteiger partial charge on any atom is 0.336 e. The van der Waals surface area contributed by atoms with Gasteiger partial charge in [-0.3, -0.25) is 0 Å². The van der Waals surface area contributed by atoms with Crippen LogP contribution in [0.15, 0.2) is 11.1 Å². The highest BCUT2D eigenvalue weighted by Gasteiger charge is 2.48. The van der Waals surface area contributed by atoms with Crippen LogP contribution in [-0.4, -0.2) is 37.5 Å². The van der Waals surface area contributed by atoms with Crippen molar-refractivity contribution in [1.29, 1.82) is 0 Å². The number of ether oxygens (including phenoxy) is 2. The molecule has 0 aromatic rings. The van der Waals surface area contributed by atoms with Crippen LogP contribution in [0.1, 0.15) is 39.0 Å². The van der Waals surface area contributed by atoms with Crippen molar-refractivity contribution in [1.82, 2.24) is 0 Å². The monoisotopic (exact) mass is 254 g/mol. The minimum absolute atomic E-state index is 0.125. The van der Waals surface area contributed by atoms with Gasteiger partial charge in [0.2, 0.25) is 0 Å². The molecule has 0 amide bonds. The predicted molar refractivity (Wildman–Crippen MR) is 67.0 cm³/mol. The molecule has 0 radical (unpaired) electrons. The highest BCUT2D eigenvalue weighted by molar-refractivity contribution is 5.91. The van der Waals surface area contributed by atoms with E-state index in [1.54, 1.807) is 7.11 Å². The Kier molecular flexibility index (Phi) is 3.78. The molecule has 1 fully saturated rings. The molecule has 3 atom stereocenters. The minimum Gasteiger partial charge on any atom is -0.466 e. The molecule has 18 heavy (non-hydrogen) atoms. The van der Waals surface area contributed by atoms with Crippen LogP contribution in [0.2, 0.25) is 0 Å². The Labute approximate surface area is 108 Å². The summed E-state index contributed by atoms with van der Waals surface area (Å²) in [5.74, 6) is -0.360. The quantitative estimate of drug-likeness (QED) is 0.764. The van der Waals surface area contributed by atoms with E-state index in [4.69, 9.17) is 9.47 Å². The van der Waals surface area contributed by atoms with Crippen molar-refractivity contribution < 1.29 is 19.4 Å². The Bertz CT molecular complexity index is 374. The van der Waals surface area contributed by atoms with Crippen LogP contribution < -0.4 is 0 Å². The summed E-state index contributed by atoms with van der Waals surface area (Å²) in [6.45, 7) is 2.12. The number of esters is 1. The molecule has 0 saturated heterocycles. The second kappa shape index (κ2) is 5.02. The molecule has 0 aromatic heterocycles. The maximum atomic E-state index is 12.0. The Morgan fingerprint density at radius 3 is 2.72 bits per heavy atom. The van der Waals surface area contributed by atoms with Crippen molar-refractivity contribution in [2.24, 2.45) is 5.41 Å². The standard InChI is InChI=1S/C14H22O4/c1-14-7-5-4-6-9(15)12(14)11(13(16)18-3)10(8-14)17-2/h9-10,15H,4-8H2,1-3H3/t9-,10-,14-/m1/s1. The lowest BCUT2D eigenvalue weighted by Crippen LogP contribution is -2.23. The molecule has 0 aliphatic heterocycles. The summed E-state index contributed by atoms with van der Waals surface area (Å²) in [7, 11) is 2.98. The highest BCUT2D eigenvalue weighted by Crippen LogP contribution is 2.51. The average molecular weight is 254 g/mol. The van der Waals surface area contributed by atoms with Gasteiger partial charge in [-0.1, -0.05) is 19.8 Å². The van der Waals surface area contributed by atoms with Crippen molar-refractivity contribution in [3.05, 3.63) is 11.1 Å². The van der Waals surface area contributed by atoms with E-state index in [0.717, 1.165) is 37.7 Å². The third-order valence-corrected chi connectivity index (χ3v) is 4.38.